The minimum absolute atomic E-state index is 0.425. The Labute approximate surface area is 78.2 Å². The Bertz CT molecular complexity index is 107. The van der Waals surface area contributed by atoms with Gasteiger partial charge in [-0.3, -0.25) is 0 Å². The van der Waals surface area contributed by atoms with E-state index in [1.807, 2.05) is 6.82 Å². The van der Waals surface area contributed by atoms with Crippen molar-refractivity contribution in [1.29, 1.82) is 0 Å². The van der Waals surface area contributed by atoms with Crippen LogP contribution in [0.15, 0.2) is 0 Å². The van der Waals surface area contributed by atoms with Gasteiger partial charge in [-0.25, -0.2) is 0 Å². The molecule has 0 rings (SSSR count). The molecule has 0 saturated heterocycles. The molecule has 1 atom stereocenters. The smallest absolute Gasteiger partial charge is 0.289 e. The molecule has 0 amide bonds. The van der Waals surface area contributed by atoms with E-state index >= 15 is 0 Å². The standard InChI is InChI=1S/C10H22BO/c1-6-9(12-11-5)7-8-10(2,3)4/h9H,6-8H2,1-5H3. The Morgan fingerprint density at radius 2 is 1.92 bits per heavy atom. The summed E-state index contributed by atoms with van der Waals surface area (Å²) in [7, 11) is 1.80. The summed E-state index contributed by atoms with van der Waals surface area (Å²) in [5, 5.41) is 0. The monoisotopic (exact) mass is 169 g/mol. The molecular formula is C10H22BO. The molecule has 0 aromatic heterocycles. The third kappa shape index (κ3) is 6.72. The second kappa shape index (κ2) is 5.63. The van der Waals surface area contributed by atoms with Crippen molar-refractivity contribution in [3.63, 3.8) is 0 Å². The highest BCUT2D eigenvalue weighted by Gasteiger charge is 2.13. The van der Waals surface area contributed by atoms with Crippen LogP contribution in [0.4, 0.5) is 0 Å². The molecule has 71 valence electrons. The summed E-state index contributed by atoms with van der Waals surface area (Å²) in [5.41, 5.74) is 0.435. The van der Waals surface area contributed by atoms with E-state index in [0.717, 1.165) is 6.42 Å². The van der Waals surface area contributed by atoms with Gasteiger partial charge in [-0.1, -0.05) is 34.5 Å². The fraction of sp³-hybridized carbons (Fsp3) is 1.00. The van der Waals surface area contributed by atoms with Crippen LogP contribution in [0.2, 0.25) is 6.82 Å². The molecule has 0 bridgehead atoms. The van der Waals surface area contributed by atoms with E-state index in [2.05, 4.69) is 27.7 Å². The molecule has 0 aliphatic carbocycles. The third-order valence-corrected chi connectivity index (χ3v) is 2.00. The summed E-state index contributed by atoms with van der Waals surface area (Å²) in [5.74, 6) is 0. The van der Waals surface area contributed by atoms with Crippen molar-refractivity contribution >= 4 is 7.48 Å². The van der Waals surface area contributed by atoms with Gasteiger partial charge >= 0.3 is 0 Å². The Kier molecular flexibility index (Phi) is 5.64. The predicted molar refractivity (Wildman–Crippen MR) is 55.5 cm³/mol. The van der Waals surface area contributed by atoms with Crippen LogP contribution >= 0.6 is 0 Å². The van der Waals surface area contributed by atoms with Crippen LogP contribution in [0.3, 0.4) is 0 Å². The first kappa shape index (κ1) is 12.0. The summed E-state index contributed by atoms with van der Waals surface area (Å²) < 4.78 is 5.46. The molecule has 0 aliphatic heterocycles. The molecule has 1 radical (unpaired) electrons. The van der Waals surface area contributed by atoms with E-state index in [0.29, 0.717) is 11.5 Å². The van der Waals surface area contributed by atoms with E-state index < -0.39 is 0 Å². The Hall–Kier alpha value is 0.0249. The van der Waals surface area contributed by atoms with Crippen molar-refractivity contribution in [3.05, 3.63) is 0 Å². The van der Waals surface area contributed by atoms with Crippen LogP contribution in [-0.2, 0) is 4.65 Å². The van der Waals surface area contributed by atoms with E-state index in [9.17, 15) is 0 Å². The molecule has 2 heteroatoms. The van der Waals surface area contributed by atoms with Crippen LogP contribution < -0.4 is 0 Å². The van der Waals surface area contributed by atoms with Crippen molar-refractivity contribution in [2.24, 2.45) is 5.41 Å². The maximum absolute atomic E-state index is 5.46. The Morgan fingerprint density at radius 3 is 2.25 bits per heavy atom. The highest BCUT2D eigenvalue weighted by atomic mass is 16.4. The minimum atomic E-state index is 0.425. The van der Waals surface area contributed by atoms with Gasteiger partial charge in [-0.05, 0) is 24.7 Å². The number of hydrogen-bond donors (Lipinski definition) is 0. The third-order valence-electron chi connectivity index (χ3n) is 2.00. The highest BCUT2D eigenvalue weighted by Crippen LogP contribution is 2.23. The largest absolute Gasteiger partial charge is 0.438 e. The van der Waals surface area contributed by atoms with Crippen LogP contribution in [0.1, 0.15) is 47.0 Å². The molecule has 0 N–H and O–H groups in total. The van der Waals surface area contributed by atoms with Gasteiger partial charge in [-0.15, -0.1) is 0 Å². The first-order valence-corrected chi connectivity index (χ1v) is 4.93. The lowest BCUT2D eigenvalue weighted by Crippen LogP contribution is -2.16. The predicted octanol–water partition coefficient (Wildman–Crippen LogP) is 3.28. The average Bonchev–Trinajstić information content (AvgIpc) is 1.96. The lowest BCUT2D eigenvalue weighted by molar-refractivity contribution is 0.174. The quantitative estimate of drug-likeness (QED) is 0.574. The summed E-state index contributed by atoms with van der Waals surface area (Å²) in [6, 6.07) is 0. The average molecular weight is 169 g/mol. The van der Waals surface area contributed by atoms with Gasteiger partial charge < -0.3 is 4.65 Å². The summed E-state index contributed by atoms with van der Waals surface area (Å²) in [6.07, 6.45) is 3.94. The highest BCUT2D eigenvalue weighted by molar-refractivity contribution is 6.24. The van der Waals surface area contributed by atoms with Gasteiger partial charge in [0.15, 0.2) is 0 Å². The topological polar surface area (TPSA) is 9.23 Å². The van der Waals surface area contributed by atoms with E-state index in [-0.39, 0.29) is 0 Å². The van der Waals surface area contributed by atoms with E-state index in [1.165, 1.54) is 12.8 Å². The van der Waals surface area contributed by atoms with Gasteiger partial charge in [0, 0.05) is 6.10 Å². The number of rotatable bonds is 5. The maximum atomic E-state index is 5.46. The zero-order valence-electron chi connectivity index (χ0n) is 9.18. The minimum Gasteiger partial charge on any atom is -0.438 e. The van der Waals surface area contributed by atoms with Crippen molar-refractivity contribution in [2.45, 2.75) is 59.9 Å². The molecule has 0 saturated carbocycles. The van der Waals surface area contributed by atoms with Crippen LogP contribution in [0.25, 0.3) is 0 Å². The molecule has 1 unspecified atom stereocenters. The van der Waals surface area contributed by atoms with Crippen molar-refractivity contribution in [1.82, 2.24) is 0 Å². The normalized spacial score (nSPS) is 14.4. The first-order chi connectivity index (χ1) is 5.49. The van der Waals surface area contributed by atoms with E-state index in [1.54, 1.807) is 7.48 Å². The van der Waals surface area contributed by atoms with Crippen LogP contribution in [0.5, 0.6) is 0 Å². The van der Waals surface area contributed by atoms with Gasteiger partial charge in [-0.2, -0.15) is 0 Å². The fourth-order valence-electron chi connectivity index (χ4n) is 1.15. The second-order valence-electron chi connectivity index (χ2n) is 4.50. The second-order valence-corrected chi connectivity index (χ2v) is 4.50. The van der Waals surface area contributed by atoms with Gasteiger partial charge in [0.2, 0.25) is 0 Å². The SMILES string of the molecule is C[B]OC(CC)CCC(C)(C)C. The van der Waals surface area contributed by atoms with Crippen molar-refractivity contribution < 1.29 is 4.65 Å². The van der Waals surface area contributed by atoms with E-state index in [4.69, 9.17) is 4.65 Å². The van der Waals surface area contributed by atoms with Crippen LogP contribution in [0, 0.1) is 5.41 Å². The van der Waals surface area contributed by atoms with Gasteiger partial charge in [0.1, 0.15) is 0 Å². The Morgan fingerprint density at radius 1 is 1.33 bits per heavy atom. The molecule has 0 aliphatic rings. The zero-order valence-corrected chi connectivity index (χ0v) is 9.18. The fourth-order valence-corrected chi connectivity index (χ4v) is 1.15. The molecule has 0 aromatic rings. The molecule has 1 nitrogen and oxygen atoms in total. The molecule has 0 heterocycles. The maximum Gasteiger partial charge on any atom is 0.289 e. The van der Waals surface area contributed by atoms with Crippen molar-refractivity contribution in [2.75, 3.05) is 0 Å². The summed E-state index contributed by atoms with van der Waals surface area (Å²) in [6.45, 7) is 10.9. The summed E-state index contributed by atoms with van der Waals surface area (Å²) in [4.78, 5) is 0. The van der Waals surface area contributed by atoms with Gasteiger partial charge in [0.05, 0.1) is 0 Å². The zero-order chi connectivity index (χ0) is 9.61. The molecular weight excluding hydrogens is 147 g/mol. The Balaban J connectivity index is 3.58. The first-order valence-electron chi connectivity index (χ1n) is 4.93. The molecule has 0 fully saturated rings. The molecule has 0 spiro atoms. The lowest BCUT2D eigenvalue weighted by atomic mass is 9.88. The molecule has 12 heavy (non-hydrogen) atoms. The van der Waals surface area contributed by atoms with Gasteiger partial charge in [0.25, 0.3) is 7.48 Å². The van der Waals surface area contributed by atoms with Crippen molar-refractivity contribution in [3.8, 4) is 0 Å². The summed E-state index contributed by atoms with van der Waals surface area (Å²) >= 11 is 0. The number of hydrogen-bond acceptors (Lipinski definition) is 1. The molecule has 0 aromatic carbocycles. The van der Waals surface area contributed by atoms with Crippen LogP contribution in [-0.4, -0.2) is 13.6 Å². The lowest BCUT2D eigenvalue weighted by Gasteiger charge is -2.22.